The van der Waals surface area contributed by atoms with E-state index in [0.717, 1.165) is 28.9 Å². The van der Waals surface area contributed by atoms with Crippen molar-refractivity contribution in [3.63, 3.8) is 0 Å². The molecule has 2 amide bonds. The third-order valence-electron chi connectivity index (χ3n) is 8.91. The summed E-state index contributed by atoms with van der Waals surface area (Å²) >= 11 is 0. The average Bonchev–Trinajstić information content (AvgIpc) is 3.32. The van der Waals surface area contributed by atoms with Gasteiger partial charge in [-0.05, 0) is 91.9 Å². The van der Waals surface area contributed by atoms with Gasteiger partial charge in [-0.2, -0.15) is 0 Å². The van der Waals surface area contributed by atoms with Gasteiger partial charge in [-0.1, -0.05) is 24.3 Å². The fraction of sp³-hybridized carbons (Fsp3) is 0.556. The van der Waals surface area contributed by atoms with E-state index in [9.17, 15) is 9.59 Å². The number of furan rings is 1. The number of benzene rings is 1. The second-order valence-electron chi connectivity index (χ2n) is 10.9. The lowest BCUT2D eigenvalue weighted by Gasteiger charge is -2.59. The molecule has 7 rings (SSSR count). The van der Waals surface area contributed by atoms with Crippen LogP contribution < -0.4 is 5.32 Å². The Kier molecular flexibility index (Phi) is 4.70. The number of nitrogens with zero attached hydrogens (tertiary/aromatic N) is 1. The van der Waals surface area contributed by atoms with Crippen molar-refractivity contribution in [2.75, 3.05) is 0 Å². The second-order valence-corrected chi connectivity index (χ2v) is 10.9. The van der Waals surface area contributed by atoms with Crippen LogP contribution in [0.1, 0.15) is 67.1 Å². The molecular formula is C27H32N2O3. The highest BCUT2D eigenvalue weighted by molar-refractivity contribution is 5.96. The normalized spacial score (nSPS) is 33.6. The van der Waals surface area contributed by atoms with Gasteiger partial charge in [0, 0.05) is 19.0 Å². The number of carbonyl (C=O) groups excluding carboxylic acids is 2. The zero-order valence-electron chi connectivity index (χ0n) is 18.8. The van der Waals surface area contributed by atoms with Crippen LogP contribution in [0.3, 0.4) is 0 Å². The Bertz CT molecular complexity index is 992. The van der Waals surface area contributed by atoms with E-state index >= 15 is 0 Å². The van der Waals surface area contributed by atoms with Crippen molar-refractivity contribution in [1.29, 1.82) is 0 Å². The minimum Gasteiger partial charge on any atom is -0.459 e. The van der Waals surface area contributed by atoms with Gasteiger partial charge in [0.25, 0.3) is 5.91 Å². The summed E-state index contributed by atoms with van der Waals surface area (Å²) in [7, 11) is 0. The number of hydrogen-bond acceptors (Lipinski definition) is 3. The van der Waals surface area contributed by atoms with E-state index < -0.39 is 6.04 Å². The number of amides is 2. The van der Waals surface area contributed by atoms with Gasteiger partial charge in [-0.15, -0.1) is 0 Å². The molecule has 2 aromatic rings. The van der Waals surface area contributed by atoms with Crippen LogP contribution in [0.15, 0.2) is 47.1 Å². The van der Waals surface area contributed by atoms with Crippen molar-refractivity contribution in [3.05, 3.63) is 59.5 Å². The Labute approximate surface area is 189 Å². The number of carbonyl (C=O) groups is 2. The van der Waals surface area contributed by atoms with E-state index in [1.807, 2.05) is 18.2 Å². The van der Waals surface area contributed by atoms with Gasteiger partial charge < -0.3 is 14.6 Å². The van der Waals surface area contributed by atoms with Crippen molar-refractivity contribution in [1.82, 2.24) is 10.2 Å². The van der Waals surface area contributed by atoms with Crippen molar-refractivity contribution in [2.45, 2.75) is 70.5 Å². The number of nitrogens with one attached hydrogen (secondary N) is 1. The molecular weight excluding hydrogens is 400 g/mol. The van der Waals surface area contributed by atoms with Crippen LogP contribution >= 0.6 is 0 Å². The highest BCUT2D eigenvalue weighted by Gasteiger charge is 2.53. The van der Waals surface area contributed by atoms with Crippen LogP contribution in [-0.4, -0.2) is 28.8 Å². The van der Waals surface area contributed by atoms with Gasteiger partial charge >= 0.3 is 0 Å². The maximum atomic E-state index is 13.7. The fourth-order valence-corrected chi connectivity index (χ4v) is 7.68. The molecule has 5 aliphatic rings. The van der Waals surface area contributed by atoms with Crippen molar-refractivity contribution in [3.8, 4) is 0 Å². The molecule has 5 nitrogen and oxygen atoms in total. The predicted molar refractivity (Wildman–Crippen MR) is 121 cm³/mol. The average molecular weight is 433 g/mol. The Hall–Kier alpha value is -2.56. The van der Waals surface area contributed by atoms with Gasteiger partial charge in [0.1, 0.15) is 6.04 Å². The molecule has 168 valence electrons. The van der Waals surface area contributed by atoms with Gasteiger partial charge in [0.05, 0.1) is 6.26 Å². The molecule has 5 heteroatoms. The topological polar surface area (TPSA) is 62.6 Å². The second kappa shape index (κ2) is 7.50. The highest BCUT2D eigenvalue weighted by atomic mass is 16.3. The van der Waals surface area contributed by atoms with Gasteiger partial charge in [0.2, 0.25) is 5.91 Å². The van der Waals surface area contributed by atoms with Crippen LogP contribution in [0.2, 0.25) is 0 Å². The highest BCUT2D eigenvalue weighted by Crippen LogP contribution is 2.61. The summed E-state index contributed by atoms with van der Waals surface area (Å²) < 4.78 is 5.39. The maximum absolute atomic E-state index is 13.7. The first kappa shape index (κ1) is 20.1. The third kappa shape index (κ3) is 3.28. The standard InChI is InChI=1S/C27H32N2O3/c1-17(27-13-18-9-19(14-27)11-20(10-18)15-27)28-25(30)23-12-21-5-2-3-6-22(21)16-29(23)26(31)24-7-4-8-32-24/h2-8,17-20,23H,9-16H2,1H3,(H,28,30)/t17-,18?,19?,20?,23-,27?/m0/s1. The fourth-order valence-electron chi connectivity index (χ4n) is 7.68. The van der Waals surface area contributed by atoms with Crippen LogP contribution in [-0.2, 0) is 17.8 Å². The Morgan fingerprint density at radius 3 is 2.28 bits per heavy atom. The molecule has 4 bridgehead atoms. The van der Waals surface area contributed by atoms with Gasteiger partial charge in [-0.25, -0.2) is 0 Å². The van der Waals surface area contributed by atoms with Crippen LogP contribution in [0.25, 0.3) is 0 Å². The lowest BCUT2D eigenvalue weighted by Crippen LogP contribution is -2.59. The smallest absolute Gasteiger partial charge is 0.290 e. The molecule has 1 aromatic carbocycles. The summed E-state index contributed by atoms with van der Waals surface area (Å²) in [6, 6.07) is 11.1. The summed E-state index contributed by atoms with van der Waals surface area (Å²) in [5, 5.41) is 3.40. The quantitative estimate of drug-likeness (QED) is 0.770. The molecule has 4 aliphatic carbocycles. The van der Waals surface area contributed by atoms with E-state index in [-0.39, 0.29) is 29.0 Å². The summed E-state index contributed by atoms with van der Waals surface area (Å²) in [6.07, 6.45) is 9.99. The van der Waals surface area contributed by atoms with Crippen LogP contribution in [0.5, 0.6) is 0 Å². The Morgan fingerprint density at radius 1 is 1.00 bits per heavy atom. The van der Waals surface area contributed by atoms with E-state index in [4.69, 9.17) is 4.42 Å². The number of fused-ring (bicyclic) bond motifs is 1. The van der Waals surface area contributed by atoms with E-state index in [2.05, 4.69) is 18.3 Å². The first-order valence-electron chi connectivity index (χ1n) is 12.2. The summed E-state index contributed by atoms with van der Waals surface area (Å²) in [4.78, 5) is 28.6. The van der Waals surface area contributed by atoms with E-state index in [1.54, 1.807) is 17.0 Å². The Balaban J connectivity index is 1.25. The lowest BCUT2D eigenvalue weighted by atomic mass is 9.48. The molecule has 2 atom stereocenters. The van der Waals surface area contributed by atoms with Gasteiger partial charge in [0.15, 0.2) is 5.76 Å². The molecule has 2 heterocycles. The lowest BCUT2D eigenvalue weighted by molar-refractivity contribution is -0.130. The Morgan fingerprint density at radius 2 is 1.66 bits per heavy atom. The number of hydrogen-bond donors (Lipinski definition) is 1. The first-order valence-corrected chi connectivity index (χ1v) is 12.2. The molecule has 0 unspecified atom stereocenters. The SMILES string of the molecule is C[C@H](NC(=O)[C@@H]1Cc2ccccc2CN1C(=O)c1ccco1)C12CC3CC(CC(C3)C1)C2. The molecule has 1 aromatic heterocycles. The largest absolute Gasteiger partial charge is 0.459 e. The molecule has 0 saturated heterocycles. The molecule has 4 saturated carbocycles. The first-order chi connectivity index (χ1) is 15.5. The molecule has 32 heavy (non-hydrogen) atoms. The molecule has 1 N–H and O–H groups in total. The summed E-state index contributed by atoms with van der Waals surface area (Å²) in [6.45, 7) is 2.64. The van der Waals surface area contributed by atoms with Gasteiger partial charge in [-0.3, -0.25) is 9.59 Å². The molecule has 4 fully saturated rings. The van der Waals surface area contributed by atoms with Crippen molar-refractivity contribution < 1.29 is 14.0 Å². The summed E-state index contributed by atoms with van der Waals surface area (Å²) in [5.41, 5.74) is 2.50. The van der Waals surface area contributed by atoms with E-state index in [0.29, 0.717) is 13.0 Å². The van der Waals surface area contributed by atoms with Crippen molar-refractivity contribution in [2.24, 2.45) is 23.2 Å². The minimum absolute atomic E-state index is 0.0253. The zero-order valence-corrected chi connectivity index (χ0v) is 18.8. The minimum atomic E-state index is -0.515. The molecule has 0 spiro atoms. The van der Waals surface area contributed by atoms with Crippen molar-refractivity contribution >= 4 is 11.8 Å². The molecule has 1 aliphatic heterocycles. The predicted octanol–water partition coefficient (Wildman–Crippen LogP) is 4.57. The van der Waals surface area contributed by atoms with Crippen LogP contribution in [0.4, 0.5) is 0 Å². The van der Waals surface area contributed by atoms with E-state index in [1.165, 1.54) is 44.8 Å². The van der Waals surface area contributed by atoms with Crippen LogP contribution in [0, 0.1) is 23.2 Å². The monoisotopic (exact) mass is 432 g/mol. The zero-order chi connectivity index (χ0) is 21.9. The molecule has 0 radical (unpaired) electrons. The third-order valence-corrected chi connectivity index (χ3v) is 8.91. The number of rotatable bonds is 4. The maximum Gasteiger partial charge on any atom is 0.290 e. The summed E-state index contributed by atoms with van der Waals surface area (Å²) in [5.74, 6) is 2.59.